The number of rotatable bonds is 3. The fraction of sp³-hybridized carbons (Fsp3) is 0.286. The Morgan fingerprint density at radius 3 is 2.19 bits per heavy atom. The van der Waals surface area contributed by atoms with Gasteiger partial charge in [0.15, 0.2) is 11.6 Å². The van der Waals surface area contributed by atoms with Gasteiger partial charge in [-0.25, -0.2) is 23.1 Å². The normalized spacial score (nSPS) is 11.0. The quantitative estimate of drug-likeness (QED) is 0.833. The van der Waals surface area contributed by atoms with E-state index in [1.165, 1.54) is 0 Å². The minimum Gasteiger partial charge on any atom is -0.335 e. The van der Waals surface area contributed by atoms with Crippen LogP contribution in [0, 0.1) is 24.4 Å². The Bertz CT molecular complexity index is 666. The Balaban J connectivity index is 2.49. The van der Waals surface area contributed by atoms with Crippen LogP contribution >= 0.6 is 11.6 Å². The molecule has 0 aliphatic carbocycles. The van der Waals surface area contributed by atoms with Gasteiger partial charge in [0.2, 0.25) is 0 Å². The Kier molecular flexibility index (Phi) is 4.37. The third-order valence-electron chi connectivity index (χ3n) is 2.87. The summed E-state index contributed by atoms with van der Waals surface area (Å²) in [7, 11) is 0. The summed E-state index contributed by atoms with van der Waals surface area (Å²) < 4.78 is 40.2. The van der Waals surface area contributed by atoms with Gasteiger partial charge in [-0.05, 0) is 6.92 Å². The molecule has 1 aromatic heterocycles. The van der Waals surface area contributed by atoms with Crippen molar-refractivity contribution in [3.05, 3.63) is 46.1 Å². The Morgan fingerprint density at radius 1 is 1.10 bits per heavy atom. The molecule has 0 unspecified atom stereocenters. The van der Waals surface area contributed by atoms with E-state index in [-0.39, 0.29) is 16.9 Å². The zero-order chi connectivity index (χ0) is 15.7. The van der Waals surface area contributed by atoms with Gasteiger partial charge in [-0.15, -0.1) is 0 Å². The van der Waals surface area contributed by atoms with E-state index < -0.39 is 23.1 Å². The van der Waals surface area contributed by atoms with Gasteiger partial charge in [0.25, 0.3) is 0 Å². The van der Waals surface area contributed by atoms with Crippen molar-refractivity contribution in [2.45, 2.75) is 26.7 Å². The highest BCUT2D eigenvalue weighted by atomic mass is 35.5. The van der Waals surface area contributed by atoms with E-state index >= 15 is 0 Å². The highest BCUT2D eigenvalue weighted by Gasteiger charge is 2.16. The monoisotopic (exact) mass is 315 g/mol. The Hall–Kier alpha value is -1.82. The lowest BCUT2D eigenvalue weighted by atomic mass is 10.2. The van der Waals surface area contributed by atoms with E-state index in [0.717, 1.165) is 0 Å². The largest absolute Gasteiger partial charge is 0.335 e. The summed E-state index contributed by atoms with van der Waals surface area (Å²) in [5, 5.41) is 2.71. The molecule has 1 heterocycles. The summed E-state index contributed by atoms with van der Waals surface area (Å²) in [5.41, 5.74) is -0.0341. The fourth-order valence-corrected chi connectivity index (χ4v) is 1.84. The highest BCUT2D eigenvalue weighted by Crippen LogP contribution is 2.28. The standard InChI is InChI=1S/C14H13ClF3N3/c1-6(2)13-20-12(15)7(3)14(21-13)19-11-9(17)4-8(16)5-10(11)18/h4-6H,1-3H3,(H,19,20,21). The van der Waals surface area contributed by atoms with Crippen LogP contribution in [-0.2, 0) is 0 Å². The highest BCUT2D eigenvalue weighted by molar-refractivity contribution is 6.30. The maximum Gasteiger partial charge on any atom is 0.152 e. The second-order valence-corrected chi connectivity index (χ2v) is 5.23. The second kappa shape index (κ2) is 5.89. The molecule has 0 aliphatic rings. The molecule has 2 rings (SSSR count). The lowest BCUT2D eigenvalue weighted by Crippen LogP contribution is -2.07. The summed E-state index contributed by atoms with van der Waals surface area (Å²) in [5.74, 6) is -2.47. The van der Waals surface area contributed by atoms with Crippen molar-refractivity contribution in [3.8, 4) is 0 Å². The van der Waals surface area contributed by atoms with Crippen LogP contribution in [0.4, 0.5) is 24.7 Å². The number of hydrogen-bond donors (Lipinski definition) is 1. The van der Waals surface area contributed by atoms with Gasteiger partial charge in [0, 0.05) is 23.6 Å². The average molecular weight is 316 g/mol. The number of hydrogen-bond acceptors (Lipinski definition) is 3. The van der Waals surface area contributed by atoms with Crippen molar-refractivity contribution < 1.29 is 13.2 Å². The molecule has 112 valence electrons. The van der Waals surface area contributed by atoms with Crippen LogP contribution in [-0.4, -0.2) is 9.97 Å². The van der Waals surface area contributed by atoms with E-state index in [2.05, 4.69) is 15.3 Å². The first-order chi connectivity index (χ1) is 9.79. The van der Waals surface area contributed by atoms with Gasteiger partial charge in [0.1, 0.15) is 28.3 Å². The zero-order valence-electron chi connectivity index (χ0n) is 11.6. The molecule has 0 fully saturated rings. The van der Waals surface area contributed by atoms with Gasteiger partial charge in [-0.1, -0.05) is 25.4 Å². The van der Waals surface area contributed by atoms with Gasteiger partial charge in [-0.3, -0.25) is 0 Å². The Labute approximate surface area is 125 Å². The van der Waals surface area contributed by atoms with Crippen LogP contribution in [0.3, 0.4) is 0 Å². The van der Waals surface area contributed by atoms with Crippen molar-refractivity contribution in [2.24, 2.45) is 0 Å². The summed E-state index contributed by atoms with van der Waals surface area (Å²) in [6.45, 7) is 5.35. The van der Waals surface area contributed by atoms with Crippen molar-refractivity contribution in [3.63, 3.8) is 0 Å². The maximum absolute atomic E-state index is 13.7. The first-order valence-corrected chi connectivity index (χ1v) is 6.63. The molecule has 21 heavy (non-hydrogen) atoms. The van der Waals surface area contributed by atoms with Crippen molar-refractivity contribution in [2.75, 3.05) is 5.32 Å². The fourth-order valence-electron chi connectivity index (χ4n) is 1.67. The van der Waals surface area contributed by atoms with Crippen LogP contribution in [0.2, 0.25) is 5.15 Å². The minimum atomic E-state index is -1.05. The first-order valence-electron chi connectivity index (χ1n) is 6.25. The zero-order valence-corrected chi connectivity index (χ0v) is 12.4. The molecule has 0 saturated heterocycles. The van der Waals surface area contributed by atoms with E-state index in [0.29, 0.717) is 23.5 Å². The molecule has 0 aliphatic heterocycles. The number of aromatic nitrogens is 2. The SMILES string of the molecule is Cc1c(Cl)nc(C(C)C)nc1Nc1c(F)cc(F)cc1F. The molecule has 0 amide bonds. The maximum atomic E-state index is 13.7. The van der Waals surface area contributed by atoms with Gasteiger partial charge >= 0.3 is 0 Å². The lowest BCUT2D eigenvalue weighted by Gasteiger charge is -2.14. The van der Waals surface area contributed by atoms with E-state index in [4.69, 9.17) is 11.6 Å². The average Bonchev–Trinajstić information content (AvgIpc) is 2.37. The van der Waals surface area contributed by atoms with Crippen LogP contribution in [0.15, 0.2) is 12.1 Å². The molecule has 7 heteroatoms. The number of nitrogens with zero attached hydrogens (tertiary/aromatic N) is 2. The van der Waals surface area contributed by atoms with Gasteiger partial charge < -0.3 is 5.32 Å². The molecule has 0 saturated carbocycles. The van der Waals surface area contributed by atoms with Crippen molar-refractivity contribution in [1.29, 1.82) is 0 Å². The third kappa shape index (κ3) is 3.26. The van der Waals surface area contributed by atoms with Crippen molar-refractivity contribution >= 4 is 23.1 Å². The van der Waals surface area contributed by atoms with E-state index in [1.807, 2.05) is 13.8 Å². The molecule has 0 bridgehead atoms. The first kappa shape index (κ1) is 15.6. The topological polar surface area (TPSA) is 37.8 Å². The number of nitrogens with one attached hydrogen (secondary N) is 1. The molecule has 3 nitrogen and oxygen atoms in total. The van der Waals surface area contributed by atoms with Gasteiger partial charge in [0.05, 0.1) is 0 Å². The summed E-state index contributed by atoms with van der Waals surface area (Å²) in [6.07, 6.45) is 0. The summed E-state index contributed by atoms with van der Waals surface area (Å²) in [4.78, 5) is 8.30. The smallest absolute Gasteiger partial charge is 0.152 e. The van der Waals surface area contributed by atoms with Crippen LogP contribution < -0.4 is 5.32 Å². The molecular weight excluding hydrogens is 303 g/mol. The molecule has 0 spiro atoms. The van der Waals surface area contributed by atoms with Crippen LogP contribution in [0.5, 0.6) is 0 Å². The van der Waals surface area contributed by atoms with Crippen molar-refractivity contribution in [1.82, 2.24) is 9.97 Å². The predicted molar refractivity (Wildman–Crippen MR) is 75.5 cm³/mol. The van der Waals surface area contributed by atoms with Crippen LogP contribution in [0.25, 0.3) is 0 Å². The molecule has 2 aromatic rings. The molecule has 1 N–H and O–H groups in total. The van der Waals surface area contributed by atoms with Crippen LogP contribution in [0.1, 0.15) is 31.2 Å². The molecule has 1 aromatic carbocycles. The number of anilines is 2. The van der Waals surface area contributed by atoms with E-state index in [1.54, 1.807) is 6.92 Å². The summed E-state index contributed by atoms with van der Waals surface area (Å²) >= 11 is 6.00. The number of halogens is 4. The van der Waals surface area contributed by atoms with Gasteiger partial charge in [-0.2, -0.15) is 0 Å². The summed E-state index contributed by atoms with van der Waals surface area (Å²) in [6, 6.07) is 1.18. The van der Waals surface area contributed by atoms with E-state index in [9.17, 15) is 13.2 Å². The Morgan fingerprint density at radius 2 is 1.67 bits per heavy atom. The lowest BCUT2D eigenvalue weighted by molar-refractivity contribution is 0.548. The molecule has 0 atom stereocenters. The predicted octanol–water partition coefficient (Wildman–Crippen LogP) is 4.72. The molecule has 0 radical (unpaired) electrons. The number of benzene rings is 1. The molecular formula is C14H13ClF3N3. The third-order valence-corrected chi connectivity index (χ3v) is 3.24. The second-order valence-electron chi connectivity index (χ2n) is 4.87. The minimum absolute atomic E-state index is 0.00781.